The summed E-state index contributed by atoms with van der Waals surface area (Å²) in [5, 5.41) is 11.0. The predicted molar refractivity (Wildman–Crippen MR) is 74.3 cm³/mol. The highest BCUT2D eigenvalue weighted by atomic mass is 16.6. The van der Waals surface area contributed by atoms with Crippen LogP contribution in [0, 0.1) is 17.0 Å². The van der Waals surface area contributed by atoms with E-state index in [0.29, 0.717) is 24.0 Å². The molecule has 1 aromatic heterocycles. The molecule has 1 aliphatic rings. The molecule has 2 rings (SSSR count). The van der Waals surface area contributed by atoms with Crippen molar-refractivity contribution in [3.63, 3.8) is 0 Å². The van der Waals surface area contributed by atoms with Crippen LogP contribution >= 0.6 is 0 Å². The number of anilines is 1. The molecule has 0 aromatic carbocycles. The van der Waals surface area contributed by atoms with Crippen molar-refractivity contribution < 1.29 is 4.92 Å². The molecule has 0 bridgehead atoms. The standard InChI is InChI=1S/C13H20N4O2/c1-10-9-15-13(8-12(10)17(18)19)16-7-3-2-4-11(16)5-6-14/h8-9,11H,2-7,14H2,1H3. The summed E-state index contributed by atoms with van der Waals surface area (Å²) >= 11 is 0. The Hall–Kier alpha value is -1.69. The van der Waals surface area contributed by atoms with Crippen LogP contribution in [0.2, 0.25) is 0 Å². The number of hydrogen-bond acceptors (Lipinski definition) is 5. The lowest BCUT2D eigenvalue weighted by molar-refractivity contribution is -0.385. The van der Waals surface area contributed by atoms with Gasteiger partial charge in [-0.1, -0.05) is 0 Å². The Morgan fingerprint density at radius 1 is 1.58 bits per heavy atom. The van der Waals surface area contributed by atoms with Crippen LogP contribution in [-0.2, 0) is 0 Å². The molecule has 2 N–H and O–H groups in total. The maximum absolute atomic E-state index is 11.0. The van der Waals surface area contributed by atoms with E-state index in [1.54, 1.807) is 19.2 Å². The first kappa shape index (κ1) is 13.7. The molecule has 0 saturated carbocycles. The van der Waals surface area contributed by atoms with E-state index in [1.807, 2.05) is 0 Å². The molecule has 1 atom stereocenters. The molecular weight excluding hydrogens is 244 g/mol. The van der Waals surface area contributed by atoms with Crippen LogP contribution in [0.3, 0.4) is 0 Å². The number of rotatable bonds is 4. The third kappa shape index (κ3) is 3.01. The number of aryl methyl sites for hydroxylation is 1. The Balaban J connectivity index is 2.28. The number of nitrogens with zero attached hydrogens (tertiary/aromatic N) is 3. The Labute approximate surface area is 112 Å². The molecule has 1 aliphatic heterocycles. The smallest absolute Gasteiger partial charge is 0.277 e. The Morgan fingerprint density at radius 3 is 3.05 bits per heavy atom. The number of hydrogen-bond donors (Lipinski definition) is 1. The minimum absolute atomic E-state index is 0.141. The average Bonchev–Trinajstić information content (AvgIpc) is 2.40. The van der Waals surface area contributed by atoms with Crippen molar-refractivity contribution in [3.8, 4) is 0 Å². The van der Waals surface area contributed by atoms with Crippen molar-refractivity contribution in [1.29, 1.82) is 0 Å². The first-order valence-electron chi connectivity index (χ1n) is 6.71. The third-order valence-electron chi connectivity index (χ3n) is 3.68. The lowest BCUT2D eigenvalue weighted by Gasteiger charge is -2.36. The van der Waals surface area contributed by atoms with E-state index in [1.165, 1.54) is 6.42 Å². The van der Waals surface area contributed by atoms with Gasteiger partial charge in [0.05, 0.1) is 11.0 Å². The summed E-state index contributed by atoms with van der Waals surface area (Å²) in [5.41, 5.74) is 6.39. The molecule has 1 unspecified atom stereocenters. The van der Waals surface area contributed by atoms with Crippen molar-refractivity contribution in [3.05, 3.63) is 27.9 Å². The van der Waals surface area contributed by atoms with Crippen LogP contribution in [0.1, 0.15) is 31.2 Å². The fourth-order valence-corrected chi connectivity index (χ4v) is 2.65. The molecule has 6 heteroatoms. The van der Waals surface area contributed by atoms with Gasteiger partial charge in [0.1, 0.15) is 5.82 Å². The van der Waals surface area contributed by atoms with E-state index >= 15 is 0 Å². The number of nitro groups is 1. The maximum atomic E-state index is 11.0. The monoisotopic (exact) mass is 264 g/mol. The van der Waals surface area contributed by atoms with Gasteiger partial charge in [0.15, 0.2) is 0 Å². The number of nitrogens with two attached hydrogens (primary N) is 1. The molecular formula is C13H20N4O2. The summed E-state index contributed by atoms with van der Waals surface area (Å²) < 4.78 is 0. The van der Waals surface area contributed by atoms with Gasteiger partial charge in [-0.05, 0) is 39.2 Å². The molecule has 2 heterocycles. The largest absolute Gasteiger partial charge is 0.353 e. The van der Waals surface area contributed by atoms with Crippen molar-refractivity contribution in [2.24, 2.45) is 5.73 Å². The average molecular weight is 264 g/mol. The van der Waals surface area contributed by atoms with Gasteiger partial charge in [-0.2, -0.15) is 0 Å². The van der Waals surface area contributed by atoms with E-state index < -0.39 is 0 Å². The molecule has 6 nitrogen and oxygen atoms in total. The molecule has 0 spiro atoms. The fraction of sp³-hybridized carbons (Fsp3) is 0.615. The minimum atomic E-state index is -0.345. The molecule has 0 radical (unpaired) electrons. The Kier molecular flexibility index (Phi) is 4.31. The molecule has 1 aromatic rings. The SMILES string of the molecule is Cc1cnc(N2CCCCC2CCN)cc1[N+](=O)[O-]. The van der Waals surface area contributed by atoms with Crippen molar-refractivity contribution >= 4 is 11.5 Å². The van der Waals surface area contributed by atoms with E-state index in [-0.39, 0.29) is 10.6 Å². The van der Waals surface area contributed by atoms with Gasteiger partial charge in [0.2, 0.25) is 0 Å². The lowest BCUT2D eigenvalue weighted by atomic mass is 9.99. The van der Waals surface area contributed by atoms with Crippen LogP contribution in [0.4, 0.5) is 11.5 Å². The van der Waals surface area contributed by atoms with E-state index in [4.69, 9.17) is 5.73 Å². The van der Waals surface area contributed by atoms with Crippen molar-refractivity contribution in [1.82, 2.24) is 4.98 Å². The van der Waals surface area contributed by atoms with Crippen LogP contribution in [0.15, 0.2) is 12.3 Å². The van der Waals surface area contributed by atoms with Gasteiger partial charge >= 0.3 is 0 Å². The summed E-state index contributed by atoms with van der Waals surface area (Å²) in [6.45, 7) is 3.25. The minimum Gasteiger partial charge on any atom is -0.353 e. The van der Waals surface area contributed by atoms with Crippen LogP contribution in [0.5, 0.6) is 0 Å². The molecule has 1 saturated heterocycles. The third-order valence-corrected chi connectivity index (χ3v) is 3.68. The molecule has 0 amide bonds. The number of pyridine rings is 1. The zero-order valence-electron chi connectivity index (χ0n) is 11.2. The van der Waals surface area contributed by atoms with Gasteiger partial charge in [0, 0.05) is 24.3 Å². The van der Waals surface area contributed by atoms with E-state index in [2.05, 4.69) is 9.88 Å². The normalized spacial score (nSPS) is 19.5. The zero-order chi connectivity index (χ0) is 13.8. The van der Waals surface area contributed by atoms with Crippen LogP contribution < -0.4 is 10.6 Å². The van der Waals surface area contributed by atoms with Gasteiger partial charge in [-0.15, -0.1) is 0 Å². The van der Waals surface area contributed by atoms with E-state index in [0.717, 1.165) is 25.8 Å². The van der Waals surface area contributed by atoms with Gasteiger partial charge in [0.25, 0.3) is 5.69 Å². The van der Waals surface area contributed by atoms with Gasteiger partial charge in [-0.3, -0.25) is 10.1 Å². The quantitative estimate of drug-likeness (QED) is 0.664. The topological polar surface area (TPSA) is 85.3 Å². The van der Waals surface area contributed by atoms with Gasteiger partial charge in [-0.25, -0.2) is 4.98 Å². The second-order valence-electron chi connectivity index (χ2n) is 5.01. The summed E-state index contributed by atoms with van der Waals surface area (Å²) in [4.78, 5) is 17.2. The Morgan fingerprint density at radius 2 is 2.37 bits per heavy atom. The summed E-state index contributed by atoms with van der Waals surface area (Å²) in [7, 11) is 0. The molecule has 19 heavy (non-hydrogen) atoms. The van der Waals surface area contributed by atoms with E-state index in [9.17, 15) is 10.1 Å². The molecule has 1 fully saturated rings. The summed E-state index contributed by atoms with van der Waals surface area (Å²) in [5.74, 6) is 0.704. The second kappa shape index (κ2) is 5.97. The van der Waals surface area contributed by atoms with Crippen molar-refractivity contribution in [2.45, 2.75) is 38.6 Å². The number of aromatic nitrogens is 1. The Bertz CT molecular complexity index is 462. The highest BCUT2D eigenvalue weighted by molar-refractivity contribution is 5.51. The highest BCUT2D eigenvalue weighted by Crippen LogP contribution is 2.28. The number of piperidine rings is 1. The van der Waals surface area contributed by atoms with Crippen molar-refractivity contribution in [2.75, 3.05) is 18.0 Å². The first-order chi connectivity index (χ1) is 9.13. The lowest BCUT2D eigenvalue weighted by Crippen LogP contribution is -2.41. The fourth-order valence-electron chi connectivity index (χ4n) is 2.65. The molecule has 0 aliphatic carbocycles. The van der Waals surface area contributed by atoms with Crippen LogP contribution in [-0.4, -0.2) is 29.0 Å². The maximum Gasteiger partial charge on any atom is 0.277 e. The predicted octanol–water partition coefficient (Wildman–Crippen LogP) is 2.01. The second-order valence-corrected chi connectivity index (χ2v) is 5.01. The molecule has 104 valence electrons. The first-order valence-corrected chi connectivity index (χ1v) is 6.71. The summed E-state index contributed by atoms with van der Waals surface area (Å²) in [6.07, 6.45) is 5.87. The summed E-state index contributed by atoms with van der Waals surface area (Å²) in [6, 6.07) is 1.94. The highest BCUT2D eigenvalue weighted by Gasteiger charge is 2.24. The van der Waals surface area contributed by atoms with Gasteiger partial charge < -0.3 is 10.6 Å². The zero-order valence-corrected chi connectivity index (χ0v) is 11.2. The van der Waals surface area contributed by atoms with Crippen LogP contribution in [0.25, 0.3) is 0 Å².